The topological polar surface area (TPSA) is 38.9 Å². The molecule has 0 aliphatic rings. The second-order valence-electron chi connectivity index (χ2n) is 3.67. The summed E-state index contributed by atoms with van der Waals surface area (Å²) in [7, 11) is 0. The first kappa shape index (κ1) is 15.2. The predicted molar refractivity (Wildman–Crippen MR) is 65.6 cm³/mol. The zero-order chi connectivity index (χ0) is 14.6. The summed E-state index contributed by atoms with van der Waals surface area (Å²) in [5.41, 5.74) is -0.258. The van der Waals surface area contributed by atoms with Crippen LogP contribution in [0.5, 0.6) is 0 Å². The molecule has 2 rings (SSSR count). The van der Waals surface area contributed by atoms with Crippen LogP contribution in [0.3, 0.4) is 0 Å². The van der Waals surface area contributed by atoms with Gasteiger partial charge >= 0.3 is 6.18 Å². The minimum absolute atomic E-state index is 0.0907. The lowest BCUT2D eigenvalue weighted by Gasteiger charge is -2.10. The molecule has 0 spiro atoms. The molecule has 0 unspecified atom stereocenters. The quantitative estimate of drug-likeness (QED) is 0.772. The Morgan fingerprint density at radius 3 is 2.21 bits per heavy atom. The number of nitrogens with zero attached hydrogens (tertiary/aromatic N) is 2. The Hall–Kier alpha value is -1.85. The molecule has 0 N–H and O–H groups in total. The molecule has 19 heavy (non-hydrogen) atoms. The van der Waals surface area contributed by atoms with E-state index in [-0.39, 0.29) is 17.0 Å². The fraction of sp³-hybridized carbons (Fsp3) is 0.385. The van der Waals surface area contributed by atoms with E-state index in [1.165, 1.54) is 19.1 Å². The van der Waals surface area contributed by atoms with Crippen molar-refractivity contribution in [3.8, 4) is 11.5 Å². The summed E-state index contributed by atoms with van der Waals surface area (Å²) in [6.07, 6.45) is -4.38. The average Bonchev–Trinajstić information content (AvgIpc) is 2.77. The number of hydrogen-bond donors (Lipinski definition) is 0. The monoisotopic (exact) mass is 272 g/mol. The maximum atomic E-state index is 12.7. The molecule has 0 saturated carbocycles. The van der Waals surface area contributed by atoms with Gasteiger partial charge in [0.2, 0.25) is 0 Å². The molecule has 0 aliphatic heterocycles. The largest absolute Gasteiger partial charge is 0.416 e. The summed E-state index contributed by atoms with van der Waals surface area (Å²) in [6, 6.07) is 3.93. The fourth-order valence-electron chi connectivity index (χ4n) is 1.47. The van der Waals surface area contributed by atoms with Crippen LogP contribution in [0.15, 0.2) is 22.7 Å². The maximum absolute atomic E-state index is 12.7. The number of aromatic nitrogens is 2. The zero-order valence-corrected chi connectivity index (χ0v) is 11.2. The van der Waals surface area contributed by atoms with Crippen molar-refractivity contribution in [1.29, 1.82) is 0 Å². The third-order valence-electron chi connectivity index (χ3n) is 2.32. The van der Waals surface area contributed by atoms with Crippen LogP contribution in [0, 0.1) is 13.8 Å². The van der Waals surface area contributed by atoms with E-state index in [0.29, 0.717) is 5.82 Å². The lowest BCUT2D eigenvalue weighted by atomic mass is 10.0. The Kier molecular flexibility index (Phi) is 4.69. The molecular weight excluding hydrogens is 257 g/mol. The summed E-state index contributed by atoms with van der Waals surface area (Å²) in [5, 5.41) is 3.54. The highest BCUT2D eigenvalue weighted by Crippen LogP contribution is 2.34. The number of aryl methyl sites for hydroxylation is 2. The standard InChI is InChI=1S/C11H9F3N2O.C2H6/c1-6-3-4-8(5-9(6)11(12,13)14)10-15-7(2)16-17-10;1-2/h3-5H,1-2H3;1-2H3. The van der Waals surface area contributed by atoms with E-state index in [1.54, 1.807) is 6.92 Å². The summed E-state index contributed by atoms with van der Waals surface area (Å²) in [4.78, 5) is 3.89. The van der Waals surface area contributed by atoms with E-state index in [1.807, 2.05) is 13.8 Å². The zero-order valence-electron chi connectivity index (χ0n) is 11.2. The molecule has 0 bridgehead atoms. The van der Waals surface area contributed by atoms with Gasteiger partial charge in [0.1, 0.15) is 0 Å². The normalized spacial score (nSPS) is 10.9. The summed E-state index contributed by atoms with van der Waals surface area (Å²) < 4.78 is 42.9. The van der Waals surface area contributed by atoms with Gasteiger partial charge < -0.3 is 4.52 Å². The minimum Gasteiger partial charge on any atom is -0.334 e. The van der Waals surface area contributed by atoms with Crippen LogP contribution in [-0.4, -0.2) is 10.1 Å². The van der Waals surface area contributed by atoms with Gasteiger partial charge in [-0.1, -0.05) is 25.1 Å². The molecule has 0 fully saturated rings. The number of hydrogen-bond acceptors (Lipinski definition) is 3. The lowest BCUT2D eigenvalue weighted by Crippen LogP contribution is -2.07. The summed E-state index contributed by atoms with van der Waals surface area (Å²) in [5.74, 6) is 0.474. The summed E-state index contributed by atoms with van der Waals surface area (Å²) in [6.45, 7) is 7.01. The highest BCUT2D eigenvalue weighted by atomic mass is 19.4. The van der Waals surface area contributed by atoms with Crippen molar-refractivity contribution >= 4 is 0 Å². The number of benzene rings is 1. The summed E-state index contributed by atoms with van der Waals surface area (Å²) >= 11 is 0. The Morgan fingerprint density at radius 1 is 1.11 bits per heavy atom. The maximum Gasteiger partial charge on any atom is 0.416 e. The first-order chi connectivity index (χ1) is 8.88. The van der Waals surface area contributed by atoms with Crippen molar-refractivity contribution in [2.24, 2.45) is 0 Å². The highest BCUT2D eigenvalue weighted by Gasteiger charge is 2.32. The van der Waals surface area contributed by atoms with E-state index in [4.69, 9.17) is 4.52 Å². The fourth-order valence-corrected chi connectivity index (χ4v) is 1.47. The molecule has 3 nitrogen and oxygen atoms in total. The molecular formula is C13H15F3N2O. The number of alkyl halides is 3. The minimum atomic E-state index is -4.38. The third-order valence-corrected chi connectivity index (χ3v) is 2.32. The SMILES string of the molecule is CC.Cc1noc(-c2ccc(C)c(C(F)(F)F)c2)n1. The van der Waals surface area contributed by atoms with Crippen molar-refractivity contribution < 1.29 is 17.7 Å². The molecule has 0 atom stereocenters. The Balaban J connectivity index is 0.000000861. The van der Waals surface area contributed by atoms with E-state index >= 15 is 0 Å². The first-order valence-corrected chi connectivity index (χ1v) is 5.86. The van der Waals surface area contributed by atoms with Gasteiger partial charge in [-0.05, 0) is 31.5 Å². The second-order valence-corrected chi connectivity index (χ2v) is 3.67. The van der Waals surface area contributed by atoms with Gasteiger partial charge in [-0.25, -0.2) is 0 Å². The number of rotatable bonds is 1. The first-order valence-electron chi connectivity index (χ1n) is 5.86. The molecule has 2 aromatic rings. The Labute approximate surface area is 109 Å². The molecule has 0 radical (unpaired) electrons. The van der Waals surface area contributed by atoms with Crippen molar-refractivity contribution in [2.75, 3.05) is 0 Å². The van der Waals surface area contributed by atoms with Crippen LogP contribution in [0.25, 0.3) is 11.5 Å². The third kappa shape index (κ3) is 3.56. The van der Waals surface area contributed by atoms with E-state index < -0.39 is 11.7 Å². The van der Waals surface area contributed by atoms with Crippen LogP contribution in [0.4, 0.5) is 13.2 Å². The van der Waals surface area contributed by atoms with Crippen LogP contribution >= 0.6 is 0 Å². The van der Waals surface area contributed by atoms with Crippen LogP contribution in [-0.2, 0) is 6.18 Å². The van der Waals surface area contributed by atoms with Crippen LogP contribution in [0.1, 0.15) is 30.8 Å². The molecule has 104 valence electrons. The van der Waals surface area contributed by atoms with E-state index in [0.717, 1.165) is 6.07 Å². The Bertz CT molecular complexity index is 547. The van der Waals surface area contributed by atoms with Crippen molar-refractivity contribution in [3.63, 3.8) is 0 Å². The molecule has 0 amide bonds. The Morgan fingerprint density at radius 2 is 1.74 bits per heavy atom. The van der Waals surface area contributed by atoms with Gasteiger partial charge in [0, 0.05) is 5.56 Å². The molecule has 1 heterocycles. The highest BCUT2D eigenvalue weighted by molar-refractivity contribution is 5.56. The van der Waals surface area contributed by atoms with E-state index in [2.05, 4.69) is 10.1 Å². The predicted octanol–water partition coefficient (Wildman–Crippen LogP) is 4.40. The smallest absolute Gasteiger partial charge is 0.334 e. The van der Waals surface area contributed by atoms with Gasteiger partial charge in [0.05, 0.1) is 5.56 Å². The van der Waals surface area contributed by atoms with Crippen molar-refractivity contribution in [2.45, 2.75) is 33.9 Å². The molecule has 1 aromatic heterocycles. The molecule has 1 aromatic carbocycles. The van der Waals surface area contributed by atoms with Crippen LogP contribution < -0.4 is 0 Å². The average molecular weight is 272 g/mol. The van der Waals surface area contributed by atoms with Gasteiger partial charge in [-0.3, -0.25) is 0 Å². The lowest BCUT2D eigenvalue weighted by molar-refractivity contribution is -0.138. The molecule has 0 aliphatic carbocycles. The van der Waals surface area contributed by atoms with Gasteiger partial charge in [-0.2, -0.15) is 18.2 Å². The van der Waals surface area contributed by atoms with Gasteiger partial charge in [-0.15, -0.1) is 0 Å². The van der Waals surface area contributed by atoms with Gasteiger partial charge in [0.15, 0.2) is 5.82 Å². The number of halogens is 3. The second kappa shape index (κ2) is 5.86. The van der Waals surface area contributed by atoms with Gasteiger partial charge in [0.25, 0.3) is 5.89 Å². The van der Waals surface area contributed by atoms with Crippen molar-refractivity contribution in [3.05, 3.63) is 35.2 Å². The molecule has 0 saturated heterocycles. The molecule has 6 heteroatoms. The van der Waals surface area contributed by atoms with E-state index in [9.17, 15) is 13.2 Å². The van der Waals surface area contributed by atoms with Crippen molar-refractivity contribution in [1.82, 2.24) is 10.1 Å². The van der Waals surface area contributed by atoms with Crippen LogP contribution in [0.2, 0.25) is 0 Å².